The second-order valence-electron chi connectivity index (χ2n) is 5.09. The molecule has 1 heteroatoms. The molecule has 0 bridgehead atoms. The van der Waals surface area contributed by atoms with Crippen LogP contribution in [0.1, 0.15) is 21.5 Å². The molecule has 0 aliphatic rings. The summed E-state index contributed by atoms with van der Waals surface area (Å²) in [6.07, 6.45) is 0. The van der Waals surface area contributed by atoms with Gasteiger partial charge in [0.05, 0.1) is 0 Å². The van der Waals surface area contributed by atoms with Gasteiger partial charge >= 0.3 is 0 Å². The maximum atomic E-state index is 12.4. The standard InChI is InChI=1S/C20H16O/c1-15-7-5-6-10-19(15)16-11-13-18(14-12-16)20(21)17-8-3-2-4-9-17/h2-14H,1H3. The number of ketones is 1. The van der Waals surface area contributed by atoms with E-state index < -0.39 is 0 Å². The van der Waals surface area contributed by atoms with Crippen molar-refractivity contribution in [2.24, 2.45) is 0 Å². The molecule has 3 aromatic rings. The topological polar surface area (TPSA) is 17.1 Å². The van der Waals surface area contributed by atoms with Gasteiger partial charge in [0.25, 0.3) is 0 Å². The Morgan fingerprint density at radius 2 is 1.24 bits per heavy atom. The van der Waals surface area contributed by atoms with Gasteiger partial charge < -0.3 is 0 Å². The SMILES string of the molecule is Cc1ccccc1-c1ccc(C(=O)c2ccccc2)cc1. The summed E-state index contributed by atoms with van der Waals surface area (Å²) < 4.78 is 0. The first-order valence-electron chi connectivity index (χ1n) is 7.01. The largest absolute Gasteiger partial charge is 0.289 e. The molecule has 0 aromatic heterocycles. The Morgan fingerprint density at radius 3 is 1.90 bits per heavy atom. The molecule has 0 fully saturated rings. The predicted molar refractivity (Wildman–Crippen MR) is 86.5 cm³/mol. The van der Waals surface area contributed by atoms with Crippen LogP contribution in [-0.4, -0.2) is 5.78 Å². The highest BCUT2D eigenvalue weighted by atomic mass is 16.1. The summed E-state index contributed by atoms with van der Waals surface area (Å²) in [4.78, 5) is 12.4. The van der Waals surface area contributed by atoms with Crippen LogP contribution in [0.4, 0.5) is 0 Å². The van der Waals surface area contributed by atoms with Crippen LogP contribution >= 0.6 is 0 Å². The quantitative estimate of drug-likeness (QED) is 0.620. The molecular formula is C20H16O. The lowest BCUT2D eigenvalue weighted by atomic mass is 9.97. The number of carbonyl (C=O) groups is 1. The Morgan fingerprint density at radius 1 is 0.667 bits per heavy atom. The average molecular weight is 272 g/mol. The lowest BCUT2D eigenvalue weighted by Gasteiger charge is -2.07. The van der Waals surface area contributed by atoms with E-state index in [0.717, 1.165) is 16.7 Å². The zero-order chi connectivity index (χ0) is 14.7. The zero-order valence-electron chi connectivity index (χ0n) is 11.9. The molecule has 3 aromatic carbocycles. The van der Waals surface area contributed by atoms with E-state index in [1.165, 1.54) is 11.1 Å². The summed E-state index contributed by atoms with van der Waals surface area (Å²) in [6, 6.07) is 25.5. The minimum Gasteiger partial charge on any atom is -0.289 e. The first-order valence-corrected chi connectivity index (χ1v) is 7.01. The normalized spacial score (nSPS) is 10.3. The van der Waals surface area contributed by atoms with Crippen LogP contribution in [-0.2, 0) is 0 Å². The fourth-order valence-corrected chi connectivity index (χ4v) is 2.45. The Labute approximate surface area is 124 Å². The fourth-order valence-electron chi connectivity index (χ4n) is 2.45. The Kier molecular flexibility index (Phi) is 3.65. The van der Waals surface area contributed by atoms with Crippen molar-refractivity contribution in [2.45, 2.75) is 6.92 Å². The van der Waals surface area contributed by atoms with Gasteiger partial charge in [-0.1, -0.05) is 78.9 Å². The molecule has 0 atom stereocenters. The van der Waals surface area contributed by atoms with Crippen molar-refractivity contribution >= 4 is 5.78 Å². The zero-order valence-corrected chi connectivity index (χ0v) is 11.9. The van der Waals surface area contributed by atoms with Crippen LogP contribution in [0.2, 0.25) is 0 Å². The number of hydrogen-bond donors (Lipinski definition) is 0. The smallest absolute Gasteiger partial charge is 0.193 e. The number of aryl methyl sites for hydroxylation is 1. The van der Waals surface area contributed by atoms with Gasteiger partial charge in [-0.15, -0.1) is 0 Å². The molecule has 0 spiro atoms. The molecule has 0 aliphatic carbocycles. The van der Waals surface area contributed by atoms with Gasteiger partial charge in [-0.05, 0) is 23.6 Å². The minimum absolute atomic E-state index is 0.0620. The molecule has 3 rings (SSSR count). The van der Waals surface area contributed by atoms with E-state index >= 15 is 0 Å². The molecule has 0 saturated heterocycles. The first kappa shape index (κ1) is 13.3. The van der Waals surface area contributed by atoms with E-state index in [9.17, 15) is 4.79 Å². The van der Waals surface area contributed by atoms with E-state index in [1.807, 2.05) is 66.7 Å². The van der Waals surface area contributed by atoms with Crippen molar-refractivity contribution < 1.29 is 4.79 Å². The molecule has 0 unspecified atom stereocenters. The van der Waals surface area contributed by atoms with E-state index in [4.69, 9.17) is 0 Å². The molecule has 0 amide bonds. The minimum atomic E-state index is 0.0620. The molecule has 0 aliphatic heterocycles. The lowest BCUT2D eigenvalue weighted by molar-refractivity contribution is 0.103. The summed E-state index contributed by atoms with van der Waals surface area (Å²) in [5, 5.41) is 0. The van der Waals surface area contributed by atoms with Crippen molar-refractivity contribution in [3.05, 3.63) is 95.6 Å². The summed E-state index contributed by atoms with van der Waals surface area (Å²) in [5.74, 6) is 0.0620. The van der Waals surface area contributed by atoms with Gasteiger partial charge in [0.15, 0.2) is 5.78 Å². The Balaban J connectivity index is 1.92. The third kappa shape index (κ3) is 2.77. The molecule has 0 radical (unpaired) electrons. The fraction of sp³-hybridized carbons (Fsp3) is 0.0500. The van der Waals surface area contributed by atoms with Crippen molar-refractivity contribution in [2.75, 3.05) is 0 Å². The van der Waals surface area contributed by atoms with Gasteiger partial charge in [-0.3, -0.25) is 4.79 Å². The monoisotopic (exact) mass is 272 g/mol. The third-order valence-electron chi connectivity index (χ3n) is 3.64. The summed E-state index contributed by atoms with van der Waals surface area (Å²) >= 11 is 0. The van der Waals surface area contributed by atoms with Gasteiger partial charge in [0.1, 0.15) is 0 Å². The molecule has 1 nitrogen and oxygen atoms in total. The van der Waals surface area contributed by atoms with Crippen LogP contribution in [0.25, 0.3) is 11.1 Å². The van der Waals surface area contributed by atoms with Crippen LogP contribution in [0.5, 0.6) is 0 Å². The number of benzene rings is 3. The van der Waals surface area contributed by atoms with Crippen LogP contribution < -0.4 is 0 Å². The van der Waals surface area contributed by atoms with Gasteiger partial charge in [-0.2, -0.15) is 0 Å². The molecule has 21 heavy (non-hydrogen) atoms. The lowest BCUT2D eigenvalue weighted by Crippen LogP contribution is -2.00. The van der Waals surface area contributed by atoms with Gasteiger partial charge in [0.2, 0.25) is 0 Å². The van der Waals surface area contributed by atoms with E-state index in [-0.39, 0.29) is 5.78 Å². The molecule has 102 valence electrons. The van der Waals surface area contributed by atoms with Crippen LogP contribution in [0, 0.1) is 6.92 Å². The molecule has 0 saturated carbocycles. The van der Waals surface area contributed by atoms with Crippen molar-refractivity contribution in [3.63, 3.8) is 0 Å². The van der Waals surface area contributed by atoms with E-state index in [0.29, 0.717) is 0 Å². The maximum Gasteiger partial charge on any atom is 0.193 e. The summed E-state index contributed by atoms with van der Waals surface area (Å²) in [7, 11) is 0. The van der Waals surface area contributed by atoms with Crippen LogP contribution in [0.3, 0.4) is 0 Å². The van der Waals surface area contributed by atoms with Crippen molar-refractivity contribution in [3.8, 4) is 11.1 Å². The maximum absolute atomic E-state index is 12.4. The van der Waals surface area contributed by atoms with Crippen molar-refractivity contribution in [1.82, 2.24) is 0 Å². The van der Waals surface area contributed by atoms with Crippen molar-refractivity contribution in [1.29, 1.82) is 0 Å². The highest BCUT2D eigenvalue weighted by Gasteiger charge is 2.08. The first-order chi connectivity index (χ1) is 10.3. The highest BCUT2D eigenvalue weighted by Crippen LogP contribution is 2.23. The summed E-state index contributed by atoms with van der Waals surface area (Å²) in [5.41, 5.74) is 5.02. The second-order valence-corrected chi connectivity index (χ2v) is 5.09. The second kappa shape index (κ2) is 5.76. The van der Waals surface area contributed by atoms with E-state index in [1.54, 1.807) is 0 Å². The van der Waals surface area contributed by atoms with Gasteiger partial charge in [0, 0.05) is 11.1 Å². The number of rotatable bonds is 3. The van der Waals surface area contributed by atoms with Crippen LogP contribution in [0.15, 0.2) is 78.9 Å². The average Bonchev–Trinajstić information content (AvgIpc) is 2.56. The van der Waals surface area contributed by atoms with E-state index in [2.05, 4.69) is 19.1 Å². The number of hydrogen-bond acceptors (Lipinski definition) is 1. The molecule has 0 heterocycles. The highest BCUT2D eigenvalue weighted by molar-refractivity contribution is 6.09. The predicted octanol–water partition coefficient (Wildman–Crippen LogP) is 4.89. The molecular weight excluding hydrogens is 256 g/mol. The molecule has 0 N–H and O–H groups in total. The Hall–Kier alpha value is -2.67. The third-order valence-corrected chi connectivity index (χ3v) is 3.64. The summed E-state index contributed by atoms with van der Waals surface area (Å²) in [6.45, 7) is 2.10. The Bertz CT molecular complexity index is 755. The van der Waals surface area contributed by atoms with Gasteiger partial charge in [-0.25, -0.2) is 0 Å². The number of carbonyl (C=O) groups excluding carboxylic acids is 1.